The van der Waals surface area contributed by atoms with E-state index in [1.807, 2.05) is 20.8 Å². The molecule has 1 amide bonds. The van der Waals surface area contributed by atoms with E-state index in [2.05, 4.69) is 15.6 Å². The summed E-state index contributed by atoms with van der Waals surface area (Å²) >= 11 is 0. The highest BCUT2D eigenvalue weighted by atomic mass is 19.1. The van der Waals surface area contributed by atoms with Crippen LogP contribution < -0.4 is 10.6 Å². The molecule has 0 aliphatic rings. The molecule has 1 heterocycles. The van der Waals surface area contributed by atoms with Crippen LogP contribution in [0.5, 0.6) is 0 Å². The smallest absolute Gasteiger partial charge is 0.270 e. The summed E-state index contributed by atoms with van der Waals surface area (Å²) < 4.78 is 13.5. The monoisotopic (exact) mass is 301 g/mol. The molecular formula is C17H20FN3O. The Hall–Kier alpha value is -2.43. The Kier molecular flexibility index (Phi) is 4.75. The van der Waals surface area contributed by atoms with Crippen molar-refractivity contribution in [2.45, 2.75) is 32.9 Å². The van der Waals surface area contributed by atoms with Gasteiger partial charge in [0, 0.05) is 17.6 Å². The molecule has 4 nitrogen and oxygen atoms in total. The lowest BCUT2D eigenvalue weighted by atomic mass is 10.1. The molecule has 0 saturated carbocycles. The predicted molar refractivity (Wildman–Crippen MR) is 85.2 cm³/mol. The number of hydrogen-bond acceptors (Lipinski definition) is 3. The number of halogens is 1. The number of nitrogens with zero attached hydrogens (tertiary/aromatic N) is 1. The van der Waals surface area contributed by atoms with Crippen molar-refractivity contribution >= 4 is 11.6 Å². The van der Waals surface area contributed by atoms with Crippen LogP contribution in [0.1, 0.15) is 36.8 Å². The Labute approximate surface area is 129 Å². The maximum atomic E-state index is 13.5. The minimum Gasteiger partial charge on any atom is -0.379 e. The van der Waals surface area contributed by atoms with Crippen LogP contribution in [-0.2, 0) is 6.54 Å². The summed E-state index contributed by atoms with van der Waals surface area (Å²) in [6.07, 6.45) is 1.61. The second-order valence-corrected chi connectivity index (χ2v) is 6.08. The summed E-state index contributed by atoms with van der Waals surface area (Å²) in [5.41, 5.74) is 1.52. The standard InChI is InChI=1S/C17H20FN3O/c1-17(2,3)21-13-8-9-15(19-11-13)16(22)20-10-12-6-4-5-7-14(12)18/h4-9,11,21H,10H2,1-3H3,(H,20,22). The van der Waals surface area contributed by atoms with Gasteiger partial charge in [0.1, 0.15) is 11.5 Å². The molecule has 1 aromatic carbocycles. The number of rotatable bonds is 4. The second-order valence-electron chi connectivity index (χ2n) is 6.08. The molecule has 0 unspecified atom stereocenters. The van der Waals surface area contributed by atoms with Gasteiger partial charge in [-0.2, -0.15) is 0 Å². The Bertz CT molecular complexity index is 648. The van der Waals surface area contributed by atoms with Gasteiger partial charge in [0.25, 0.3) is 5.91 Å². The molecule has 2 N–H and O–H groups in total. The van der Waals surface area contributed by atoms with Gasteiger partial charge in [-0.15, -0.1) is 0 Å². The highest BCUT2D eigenvalue weighted by Gasteiger charge is 2.11. The van der Waals surface area contributed by atoms with Gasteiger partial charge in [-0.1, -0.05) is 18.2 Å². The Morgan fingerprint density at radius 2 is 1.91 bits per heavy atom. The van der Waals surface area contributed by atoms with Crippen LogP contribution >= 0.6 is 0 Å². The van der Waals surface area contributed by atoms with E-state index in [4.69, 9.17) is 0 Å². The molecule has 0 bridgehead atoms. The van der Waals surface area contributed by atoms with Crippen LogP contribution in [0.4, 0.5) is 10.1 Å². The summed E-state index contributed by atoms with van der Waals surface area (Å²) in [6.45, 7) is 6.27. The Morgan fingerprint density at radius 3 is 2.50 bits per heavy atom. The molecule has 0 aliphatic heterocycles. The zero-order valence-electron chi connectivity index (χ0n) is 13.0. The average molecular weight is 301 g/mol. The third-order valence-electron chi connectivity index (χ3n) is 2.91. The maximum absolute atomic E-state index is 13.5. The van der Waals surface area contributed by atoms with Gasteiger partial charge in [-0.05, 0) is 39.0 Å². The fourth-order valence-electron chi connectivity index (χ4n) is 1.94. The highest BCUT2D eigenvalue weighted by Crippen LogP contribution is 2.13. The van der Waals surface area contributed by atoms with Crippen molar-refractivity contribution in [1.29, 1.82) is 0 Å². The van der Waals surface area contributed by atoms with E-state index in [1.54, 1.807) is 36.5 Å². The zero-order valence-corrected chi connectivity index (χ0v) is 13.0. The van der Waals surface area contributed by atoms with Crippen molar-refractivity contribution in [3.8, 4) is 0 Å². The Morgan fingerprint density at radius 1 is 1.18 bits per heavy atom. The van der Waals surface area contributed by atoms with Gasteiger partial charge in [-0.25, -0.2) is 9.37 Å². The first-order valence-electron chi connectivity index (χ1n) is 7.11. The first kappa shape index (κ1) is 15.9. The minimum atomic E-state index is -0.333. The van der Waals surface area contributed by atoms with Crippen LogP contribution in [0.25, 0.3) is 0 Å². The van der Waals surface area contributed by atoms with Crippen molar-refractivity contribution in [1.82, 2.24) is 10.3 Å². The summed E-state index contributed by atoms with van der Waals surface area (Å²) in [6, 6.07) is 9.80. The quantitative estimate of drug-likeness (QED) is 0.910. The molecule has 2 aromatic rings. The molecule has 0 spiro atoms. The number of nitrogens with one attached hydrogen (secondary N) is 2. The molecule has 0 saturated heterocycles. The van der Waals surface area contributed by atoms with Gasteiger partial charge >= 0.3 is 0 Å². The number of anilines is 1. The first-order valence-corrected chi connectivity index (χ1v) is 7.11. The molecule has 1 aromatic heterocycles. The molecule has 0 radical (unpaired) electrons. The molecular weight excluding hydrogens is 281 g/mol. The van der Waals surface area contributed by atoms with Crippen LogP contribution in [0.15, 0.2) is 42.6 Å². The normalized spacial score (nSPS) is 11.1. The zero-order chi connectivity index (χ0) is 16.2. The molecule has 2 rings (SSSR count). The Balaban J connectivity index is 1.97. The van der Waals surface area contributed by atoms with Crippen molar-refractivity contribution in [2.24, 2.45) is 0 Å². The SMILES string of the molecule is CC(C)(C)Nc1ccc(C(=O)NCc2ccccc2F)nc1. The molecule has 0 atom stereocenters. The van der Waals surface area contributed by atoms with Crippen LogP contribution in [-0.4, -0.2) is 16.4 Å². The molecule has 0 fully saturated rings. The predicted octanol–water partition coefficient (Wildman–Crippen LogP) is 3.36. The van der Waals surface area contributed by atoms with E-state index >= 15 is 0 Å². The molecule has 116 valence electrons. The van der Waals surface area contributed by atoms with Crippen LogP contribution in [0.3, 0.4) is 0 Å². The van der Waals surface area contributed by atoms with Crippen molar-refractivity contribution in [2.75, 3.05) is 5.32 Å². The summed E-state index contributed by atoms with van der Waals surface area (Å²) in [5, 5.41) is 5.93. The van der Waals surface area contributed by atoms with Gasteiger partial charge in [0.15, 0.2) is 0 Å². The molecule has 5 heteroatoms. The third kappa shape index (κ3) is 4.55. The maximum Gasteiger partial charge on any atom is 0.270 e. The fraction of sp³-hybridized carbons (Fsp3) is 0.294. The first-order chi connectivity index (χ1) is 10.3. The van der Waals surface area contributed by atoms with E-state index in [0.29, 0.717) is 11.3 Å². The van der Waals surface area contributed by atoms with Crippen LogP contribution in [0.2, 0.25) is 0 Å². The number of benzene rings is 1. The van der Waals surface area contributed by atoms with Gasteiger partial charge in [-0.3, -0.25) is 4.79 Å². The summed E-state index contributed by atoms with van der Waals surface area (Å²) in [5.74, 6) is -0.661. The van der Waals surface area contributed by atoms with E-state index in [-0.39, 0.29) is 23.8 Å². The third-order valence-corrected chi connectivity index (χ3v) is 2.91. The lowest BCUT2D eigenvalue weighted by Gasteiger charge is -2.21. The number of pyridine rings is 1. The topological polar surface area (TPSA) is 54.0 Å². The molecule has 22 heavy (non-hydrogen) atoms. The van der Waals surface area contributed by atoms with Crippen molar-refractivity contribution < 1.29 is 9.18 Å². The van der Waals surface area contributed by atoms with E-state index in [9.17, 15) is 9.18 Å². The van der Waals surface area contributed by atoms with E-state index in [0.717, 1.165) is 5.69 Å². The summed E-state index contributed by atoms with van der Waals surface area (Å²) in [7, 11) is 0. The van der Waals surface area contributed by atoms with Gasteiger partial charge in [0.2, 0.25) is 0 Å². The number of carbonyl (C=O) groups excluding carboxylic acids is 1. The minimum absolute atomic E-state index is 0.0731. The average Bonchev–Trinajstić information content (AvgIpc) is 2.45. The van der Waals surface area contributed by atoms with Crippen LogP contribution in [0, 0.1) is 5.82 Å². The largest absolute Gasteiger partial charge is 0.379 e. The molecule has 0 aliphatic carbocycles. The van der Waals surface area contributed by atoms with Gasteiger partial charge < -0.3 is 10.6 Å². The second kappa shape index (κ2) is 6.56. The van der Waals surface area contributed by atoms with Crippen molar-refractivity contribution in [3.63, 3.8) is 0 Å². The lowest BCUT2D eigenvalue weighted by Crippen LogP contribution is -2.27. The fourth-order valence-corrected chi connectivity index (χ4v) is 1.94. The number of aromatic nitrogens is 1. The highest BCUT2D eigenvalue weighted by molar-refractivity contribution is 5.92. The number of amides is 1. The van der Waals surface area contributed by atoms with E-state index < -0.39 is 0 Å². The van der Waals surface area contributed by atoms with Crippen molar-refractivity contribution in [3.05, 3.63) is 59.7 Å². The van der Waals surface area contributed by atoms with E-state index in [1.165, 1.54) is 6.07 Å². The number of hydrogen-bond donors (Lipinski definition) is 2. The number of carbonyl (C=O) groups is 1. The lowest BCUT2D eigenvalue weighted by molar-refractivity contribution is 0.0945. The van der Waals surface area contributed by atoms with Gasteiger partial charge in [0.05, 0.1) is 11.9 Å². The summed E-state index contributed by atoms with van der Waals surface area (Å²) in [4.78, 5) is 16.1.